The van der Waals surface area contributed by atoms with Crippen LogP contribution in [0.25, 0.3) is 10.9 Å². The molecule has 1 atom stereocenters. The predicted molar refractivity (Wildman–Crippen MR) is 101 cm³/mol. The molecule has 2 heterocycles. The first-order valence-corrected chi connectivity index (χ1v) is 7.54. The van der Waals surface area contributed by atoms with Gasteiger partial charge in [0.15, 0.2) is 5.96 Å². The number of halogens is 1. The molecular formula is C16H23IN4O. The van der Waals surface area contributed by atoms with Crippen LogP contribution in [-0.2, 0) is 6.54 Å². The van der Waals surface area contributed by atoms with E-state index in [2.05, 4.69) is 45.3 Å². The lowest BCUT2D eigenvalue weighted by molar-refractivity contribution is 0.188. The van der Waals surface area contributed by atoms with Gasteiger partial charge in [-0.3, -0.25) is 0 Å². The standard InChI is InChI=1S/C16H22N4O.HI/c1-2-17-16(20-8-7-14(21)11-20)18-10-13-9-12-5-3-4-6-15(12)19-13;/h3-6,9,14,19,21H,2,7-8,10-11H2,1H3,(H,17,18);1H/t14-;/m1./s1. The highest BCUT2D eigenvalue weighted by molar-refractivity contribution is 14.0. The number of aliphatic hydroxyl groups is 1. The quantitative estimate of drug-likeness (QED) is 0.411. The van der Waals surface area contributed by atoms with Gasteiger partial charge in [0.1, 0.15) is 0 Å². The minimum absolute atomic E-state index is 0. The highest BCUT2D eigenvalue weighted by Crippen LogP contribution is 2.15. The van der Waals surface area contributed by atoms with Crippen molar-refractivity contribution in [3.05, 3.63) is 36.0 Å². The molecule has 5 nitrogen and oxygen atoms in total. The van der Waals surface area contributed by atoms with Gasteiger partial charge in [-0.05, 0) is 30.9 Å². The number of nitrogens with zero attached hydrogens (tertiary/aromatic N) is 2. The molecule has 0 amide bonds. The monoisotopic (exact) mass is 414 g/mol. The molecule has 0 saturated carbocycles. The number of likely N-dealkylation sites (tertiary alicyclic amines) is 1. The molecule has 1 saturated heterocycles. The fourth-order valence-electron chi connectivity index (χ4n) is 2.74. The zero-order valence-electron chi connectivity index (χ0n) is 12.7. The average molecular weight is 414 g/mol. The minimum Gasteiger partial charge on any atom is -0.391 e. The van der Waals surface area contributed by atoms with Crippen LogP contribution >= 0.6 is 24.0 Å². The van der Waals surface area contributed by atoms with E-state index in [4.69, 9.17) is 0 Å². The third-order valence-corrected chi connectivity index (χ3v) is 3.78. The number of hydrogen-bond donors (Lipinski definition) is 3. The number of H-pyrrole nitrogens is 1. The number of β-amino-alcohol motifs (C(OH)–C–C–N with tert-alkyl or cyclic N) is 1. The Kier molecular flexibility index (Phi) is 6.07. The summed E-state index contributed by atoms with van der Waals surface area (Å²) in [4.78, 5) is 10.2. The van der Waals surface area contributed by atoms with E-state index in [-0.39, 0.29) is 30.1 Å². The Morgan fingerprint density at radius 2 is 2.27 bits per heavy atom. The highest BCUT2D eigenvalue weighted by atomic mass is 127. The summed E-state index contributed by atoms with van der Waals surface area (Å²) in [6.45, 7) is 5.03. The Morgan fingerprint density at radius 3 is 2.95 bits per heavy atom. The second-order valence-electron chi connectivity index (χ2n) is 5.44. The van der Waals surface area contributed by atoms with Crippen molar-refractivity contribution in [3.63, 3.8) is 0 Å². The Labute approximate surface area is 147 Å². The number of rotatable bonds is 3. The number of aliphatic hydroxyl groups excluding tert-OH is 1. The van der Waals surface area contributed by atoms with Crippen molar-refractivity contribution in [2.75, 3.05) is 19.6 Å². The third-order valence-electron chi connectivity index (χ3n) is 3.78. The SMILES string of the molecule is CCNC(=NCc1cc2ccccc2[nH]1)N1CC[C@@H](O)C1.I. The largest absolute Gasteiger partial charge is 0.391 e. The summed E-state index contributed by atoms with van der Waals surface area (Å²) in [7, 11) is 0. The number of benzene rings is 1. The lowest BCUT2D eigenvalue weighted by Crippen LogP contribution is -2.40. The Bertz CT molecular complexity index is 607. The molecule has 0 unspecified atom stereocenters. The van der Waals surface area contributed by atoms with Crippen molar-refractivity contribution in [1.29, 1.82) is 0 Å². The van der Waals surface area contributed by atoms with Gasteiger partial charge in [0.25, 0.3) is 0 Å². The molecule has 6 heteroatoms. The Balaban J connectivity index is 0.00000176. The first kappa shape index (κ1) is 17.1. The highest BCUT2D eigenvalue weighted by Gasteiger charge is 2.22. The van der Waals surface area contributed by atoms with Gasteiger partial charge in [-0.1, -0.05) is 18.2 Å². The smallest absolute Gasteiger partial charge is 0.194 e. The molecule has 0 bridgehead atoms. The molecule has 1 aromatic heterocycles. The third kappa shape index (κ3) is 3.92. The van der Waals surface area contributed by atoms with Gasteiger partial charge in [-0.15, -0.1) is 24.0 Å². The van der Waals surface area contributed by atoms with Crippen molar-refractivity contribution in [2.45, 2.75) is 26.0 Å². The van der Waals surface area contributed by atoms with Crippen molar-refractivity contribution >= 4 is 40.8 Å². The molecule has 22 heavy (non-hydrogen) atoms. The summed E-state index contributed by atoms with van der Waals surface area (Å²) < 4.78 is 0. The summed E-state index contributed by atoms with van der Waals surface area (Å²) in [5.41, 5.74) is 2.25. The van der Waals surface area contributed by atoms with Crippen LogP contribution in [0.5, 0.6) is 0 Å². The van der Waals surface area contributed by atoms with E-state index < -0.39 is 0 Å². The fraction of sp³-hybridized carbons (Fsp3) is 0.438. The van der Waals surface area contributed by atoms with Gasteiger partial charge < -0.3 is 20.3 Å². The van der Waals surface area contributed by atoms with Gasteiger partial charge in [0, 0.05) is 30.8 Å². The molecule has 1 aliphatic heterocycles. The zero-order chi connectivity index (χ0) is 14.7. The average Bonchev–Trinajstić information content (AvgIpc) is 3.09. The molecule has 1 aliphatic rings. The summed E-state index contributed by atoms with van der Waals surface area (Å²) in [5.74, 6) is 0.882. The number of aliphatic imine (C=N–C) groups is 1. The summed E-state index contributed by atoms with van der Waals surface area (Å²) in [6.07, 6.45) is 0.582. The molecule has 0 spiro atoms. The number of aromatic amines is 1. The molecule has 0 radical (unpaired) electrons. The van der Waals surface area contributed by atoms with E-state index in [0.717, 1.165) is 36.7 Å². The van der Waals surface area contributed by atoms with Crippen LogP contribution in [0.3, 0.4) is 0 Å². The molecule has 1 fully saturated rings. The molecule has 3 N–H and O–H groups in total. The van der Waals surface area contributed by atoms with Crippen LogP contribution in [-0.4, -0.2) is 46.7 Å². The number of hydrogen-bond acceptors (Lipinski definition) is 2. The predicted octanol–water partition coefficient (Wildman–Crippen LogP) is 2.32. The lowest BCUT2D eigenvalue weighted by Gasteiger charge is -2.20. The summed E-state index contributed by atoms with van der Waals surface area (Å²) >= 11 is 0. The molecule has 1 aromatic carbocycles. The number of fused-ring (bicyclic) bond motifs is 1. The maximum atomic E-state index is 9.67. The van der Waals surface area contributed by atoms with E-state index in [1.54, 1.807) is 0 Å². The summed E-state index contributed by atoms with van der Waals surface area (Å²) in [6, 6.07) is 10.4. The maximum Gasteiger partial charge on any atom is 0.194 e. The number of para-hydroxylation sites is 1. The van der Waals surface area contributed by atoms with Gasteiger partial charge >= 0.3 is 0 Å². The van der Waals surface area contributed by atoms with Crippen LogP contribution in [0.2, 0.25) is 0 Å². The molecule has 2 aromatic rings. The van der Waals surface area contributed by atoms with Gasteiger partial charge in [0.2, 0.25) is 0 Å². The Hall–Kier alpha value is -1.28. The number of nitrogens with one attached hydrogen (secondary N) is 2. The second-order valence-corrected chi connectivity index (χ2v) is 5.44. The van der Waals surface area contributed by atoms with Crippen molar-refractivity contribution < 1.29 is 5.11 Å². The first-order chi connectivity index (χ1) is 10.3. The van der Waals surface area contributed by atoms with E-state index in [0.29, 0.717) is 13.1 Å². The normalized spacial score (nSPS) is 18.5. The molecule has 3 rings (SSSR count). The van der Waals surface area contributed by atoms with Crippen molar-refractivity contribution in [1.82, 2.24) is 15.2 Å². The number of guanidine groups is 1. The van der Waals surface area contributed by atoms with Crippen LogP contribution in [0, 0.1) is 0 Å². The lowest BCUT2D eigenvalue weighted by atomic mass is 10.2. The summed E-state index contributed by atoms with van der Waals surface area (Å²) in [5, 5.41) is 14.2. The van der Waals surface area contributed by atoms with Crippen molar-refractivity contribution in [2.24, 2.45) is 4.99 Å². The first-order valence-electron chi connectivity index (χ1n) is 7.54. The van der Waals surface area contributed by atoms with Crippen LogP contribution in [0.1, 0.15) is 19.0 Å². The fourth-order valence-corrected chi connectivity index (χ4v) is 2.74. The van der Waals surface area contributed by atoms with Crippen LogP contribution in [0.4, 0.5) is 0 Å². The molecule has 120 valence electrons. The van der Waals surface area contributed by atoms with Crippen LogP contribution < -0.4 is 5.32 Å². The van der Waals surface area contributed by atoms with Crippen LogP contribution in [0.15, 0.2) is 35.3 Å². The van der Waals surface area contributed by atoms with Gasteiger partial charge in [-0.2, -0.15) is 0 Å². The Morgan fingerprint density at radius 1 is 1.45 bits per heavy atom. The maximum absolute atomic E-state index is 9.67. The minimum atomic E-state index is -0.234. The second kappa shape index (κ2) is 7.82. The molecule has 0 aliphatic carbocycles. The van der Waals surface area contributed by atoms with Crippen molar-refractivity contribution in [3.8, 4) is 0 Å². The van der Waals surface area contributed by atoms with E-state index in [1.807, 2.05) is 12.1 Å². The topological polar surface area (TPSA) is 63.7 Å². The molecular weight excluding hydrogens is 391 g/mol. The number of aromatic nitrogens is 1. The zero-order valence-corrected chi connectivity index (χ0v) is 15.1. The van der Waals surface area contributed by atoms with E-state index in [9.17, 15) is 5.11 Å². The van der Waals surface area contributed by atoms with Gasteiger partial charge in [0.05, 0.1) is 12.6 Å². The van der Waals surface area contributed by atoms with E-state index in [1.165, 1.54) is 5.39 Å². The van der Waals surface area contributed by atoms with E-state index >= 15 is 0 Å². The van der Waals surface area contributed by atoms with Gasteiger partial charge in [-0.25, -0.2) is 4.99 Å².